The Hall–Kier alpha value is -3.01. The molecular formula is C15H14F2N2O6. The quantitative estimate of drug-likeness (QED) is 0.797. The van der Waals surface area contributed by atoms with Crippen molar-refractivity contribution < 1.29 is 37.7 Å². The van der Waals surface area contributed by atoms with E-state index in [4.69, 9.17) is 4.74 Å². The van der Waals surface area contributed by atoms with Crippen LogP contribution in [-0.2, 0) is 14.3 Å². The highest BCUT2D eigenvalue weighted by Crippen LogP contribution is 2.35. The number of benzene rings is 1. The first kappa shape index (κ1) is 18.3. The van der Waals surface area contributed by atoms with E-state index >= 15 is 0 Å². The second kappa shape index (κ2) is 7.26. The lowest BCUT2D eigenvalue weighted by Crippen LogP contribution is -2.51. The largest absolute Gasteiger partial charge is 0.466 e. The van der Waals surface area contributed by atoms with Gasteiger partial charge in [0.15, 0.2) is 11.6 Å². The highest BCUT2D eigenvalue weighted by atomic mass is 19.2. The molecule has 1 aliphatic rings. The Kier molecular flexibility index (Phi) is 5.32. The summed E-state index contributed by atoms with van der Waals surface area (Å²) >= 11 is 0. The minimum absolute atomic E-state index is 0.0356. The number of esters is 1. The van der Waals surface area contributed by atoms with E-state index in [0.29, 0.717) is 6.07 Å². The molecule has 0 saturated carbocycles. The van der Waals surface area contributed by atoms with Crippen LogP contribution in [0.4, 0.5) is 18.4 Å². The maximum Gasteiger partial charge on any atom is 0.416 e. The summed E-state index contributed by atoms with van der Waals surface area (Å²) in [6.07, 6.45) is -1.69. The molecule has 1 aliphatic heterocycles. The standard InChI is InChI=1S/C15H14F2N2O6/c1-24-6-10-11(13(20)25-2)12(19(15(22)23)14(21)18-10)7-3-4-8(16)9(17)5-7/h3-5,12H,6H2,1-2H3,(H,18,21)(H,22,23). The van der Waals surface area contributed by atoms with Gasteiger partial charge in [-0.25, -0.2) is 28.1 Å². The lowest BCUT2D eigenvalue weighted by molar-refractivity contribution is -0.137. The van der Waals surface area contributed by atoms with Crippen molar-refractivity contribution in [2.24, 2.45) is 0 Å². The zero-order valence-corrected chi connectivity index (χ0v) is 13.2. The number of ether oxygens (including phenoxy) is 2. The van der Waals surface area contributed by atoms with E-state index in [1.165, 1.54) is 7.11 Å². The molecule has 0 spiro atoms. The number of rotatable bonds is 4. The number of hydrogen-bond donors (Lipinski definition) is 2. The van der Waals surface area contributed by atoms with Gasteiger partial charge in [-0.15, -0.1) is 0 Å². The average Bonchev–Trinajstić information content (AvgIpc) is 2.56. The minimum Gasteiger partial charge on any atom is -0.466 e. The van der Waals surface area contributed by atoms with Crippen LogP contribution in [0.25, 0.3) is 0 Å². The van der Waals surface area contributed by atoms with Crippen LogP contribution in [0.15, 0.2) is 29.5 Å². The van der Waals surface area contributed by atoms with Crippen molar-refractivity contribution >= 4 is 18.1 Å². The van der Waals surface area contributed by atoms with Crippen LogP contribution >= 0.6 is 0 Å². The second-order valence-corrected chi connectivity index (χ2v) is 4.98. The summed E-state index contributed by atoms with van der Waals surface area (Å²) in [7, 11) is 2.35. The predicted octanol–water partition coefficient (Wildman–Crippen LogP) is 1.78. The Labute approximate surface area is 140 Å². The molecule has 2 N–H and O–H groups in total. The van der Waals surface area contributed by atoms with Crippen LogP contribution in [0.3, 0.4) is 0 Å². The van der Waals surface area contributed by atoms with Gasteiger partial charge in [-0.05, 0) is 17.7 Å². The van der Waals surface area contributed by atoms with Crippen molar-refractivity contribution in [1.82, 2.24) is 10.2 Å². The molecule has 1 unspecified atom stereocenters. The maximum atomic E-state index is 13.6. The molecule has 3 amide bonds. The summed E-state index contributed by atoms with van der Waals surface area (Å²) in [5.41, 5.74) is -0.422. The number of carboxylic acid groups (broad SMARTS) is 1. The van der Waals surface area contributed by atoms with Crippen LogP contribution in [0.5, 0.6) is 0 Å². The molecule has 0 radical (unpaired) electrons. The lowest BCUT2D eigenvalue weighted by atomic mass is 9.93. The van der Waals surface area contributed by atoms with Gasteiger partial charge in [-0.2, -0.15) is 0 Å². The van der Waals surface area contributed by atoms with E-state index in [1.54, 1.807) is 0 Å². The van der Waals surface area contributed by atoms with Crippen molar-refractivity contribution in [3.63, 3.8) is 0 Å². The lowest BCUT2D eigenvalue weighted by Gasteiger charge is -2.35. The second-order valence-electron chi connectivity index (χ2n) is 4.98. The fourth-order valence-corrected chi connectivity index (χ4v) is 2.47. The van der Waals surface area contributed by atoms with Crippen LogP contribution in [-0.4, -0.2) is 48.9 Å². The number of carbonyl (C=O) groups excluding carboxylic acids is 2. The van der Waals surface area contributed by atoms with Gasteiger partial charge in [0.2, 0.25) is 0 Å². The zero-order valence-electron chi connectivity index (χ0n) is 13.2. The summed E-state index contributed by atoms with van der Waals surface area (Å²) in [5, 5.41) is 11.6. The van der Waals surface area contributed by atoms with Crippen molar-refractivity contribution in [1.29, 1.82) is 0 Å². The van der Waals surface area contributed by atoms with Gasteiger partial charge in [0.05, 0.1) is 25.0 Å². The molecule has 0 saturated heterocycles. The molecule has 10 heteroatoms. The molecule has 1 atom stereocenters. The first-order valence-corrected chi connectivity index (χ1v) is 6.90. The predicted molar refractivity (Wildman–Crippen MR) is 78.4 cm³/mol. The summed E-state index contributed by atoms with van der Waals surface area (Å²) in [6.45, 7) is -0.232. The van der Waals surface area contributed by atoms with Gasteiger partial charge in [-0.3, -0.25) is 0 Å². The number of nitrogens with zero attached hydrogens (tertiary/aromatic N) is 1. The molecule has 0 fully saturated rings. The number of carbonyl (C=O) groups is 3. The summed E-state index contributed by atoms with van der Waals surface area (Å²) in [6, 6.07) is -0.0458. The third-order valence-electron chi connectivity index (χ3n) is 3.49. The van der Waals surface area contributed by atoms with E-state index in [1.807, 2.05) is 0 Å². The number of methoxy groups -OCH3 is 2. The monoisotopic (exact) mass is 356 g/mol. The van der Waals surface area contributed by atoms with Crippen molar-refractivity contribution in [2.75, 3.05) is 20.8 Å². The minimum atomic E-state index is -1.69. The average molecular weight is 356 g/mol. The van der Waals surface area contributed by atoms with Gasteiger partial charge in [-0.1, -0.05) is 6.07 Å². The zero-order chi connectivity index (χ0) is 18.7. The molecule has 0 aliphatic carbocycles. The summed E-state index contributed by atoms with van der Waals surface area (Å²) < 4.78 is 36.4. The highest BCUT2D eigenvalue weighted by molar-refractivity contribution is 6.00. The summed E-state index contributed by atoms with van der Waals surface area (Å²) in [5.74, 6) is -3.37. The highest BCUT2D eigenvalue weighted by Gasteiger charge is 2.43. The number of urea groups is 1. The number of amides is 3. The van der Waals surface area contributed by atoms with Crippen LogP contribution in [0.2, 0.25) is 0 Å². The molecule has 0 aromatic heterocycles. The molecule has 8 nitrogen and oxygen atoms in total. The van der Waals surface area contributed by atoms with Crippen LogP contribution < -0.4 is 5.32 Å². The molecule has 134 valence electrons. The Morgan fingerprint density at radius 2 is 1.96 bits per heavy atom. The first-order chi connectivity index (χ1) is 11.8. The number of hydrogen-bond acceptors (Lipinski definition) is 5. The molecule has 25 heavy (non-hydrogen) atoms. The number of imide groups is 1. The SMILES string of the molecule is COCC1=C(C(=O)OC)C(c2ccc(F)c(F)c2)N(C(=O)O)C(=O)N1. The van der Waals surface area contributed by atoms with Crippen molar-refractivity contribution in [2.45, 2.75) is 6.04 Å². The Morgan fingerprint density at radius 3 is 2.48 bits per heavy atom. The third-order valence-corrected chi connectivity index (χ3v) is 3.49. The maximum absolute atomic E-state index is 13.6. The molecular weight excluding hydrogens is 342 g/mol. The van der Waals surface area contributed by atoms with E-state index < -0.39 is 35.8 Å². The van der Waals surface area contributed by atoms with Crippen LogP contribution in [0.1, 0.15) is 11.6 Å². The topological polar surface area (TPSA) is 105 Å². The molecule has 2 rings (SSSR count). The van der Waals surface area contributed by atoms with Crippen molar-refractivity contribution in [3.8, 4) is 0 Å². The van der Waals surface area contributed by atoms with Gasteiger partial charge in [0, 0.05) is 7.11 Å². The smallest absolute Gasteiger partial charge is 0.416 e. The normalized spacial score (nSPS) is 17.4. The van der Waals surface area contributed by atoms with Crippen molar-refractivity contribution in [3.05, 3.63) is 46.7 Å². The van der Waals surface area contributed by atoms with Gasteiger partial charge >= 0.3 is 18.1 Å². The third kappa shape index (κ3) is 3.43. The van der Waals surface area contributed by atoms with E-state index in [-0.39, 0.29) is 28.3 Å². The fraction of sp³-hybridized carbons (Fsp3) is 0.267. The molecule has 0 bridgehead atoms. The molecule has 1 aromatic carbocycles. The Morgan fingerprint density at radius 1 is 1.28 bits per heavy atom. The van der Waals surface area contributed by atoms with Gasteiger partial charge < -0.3 is 19.9 Å². The van der Waals surface area contributed by atoms with Gasteiger partial charge in [0.25, 0.3) is 0 Å². The van der Waals surface area contributed by atoms with E-state index in [2.05, 4.69) is 10.1 Å². The van der Waals surface area contributed by atoms with Gasteiger partial charge in [0.1, 0.15) is 6.04 Å². The molecule has 1 heterocycles. The molecule has 1 aromatic rings. The van der Waals surface area contributed by atoms with Crippen LogP contribution in [0, 0.1) is 11.6 Å². The first-order valence-electron chi connectivity index (χ1n) is 6.90. The fourth-order valence-electron chi connectivity index (χ4n) is 2.47. The van der Waals surface area contributed by atoms with E-state index in [0.717, 1.165) is 19.2 Å². The Balaban J connectivity index is 2.72. The van der Waals surface area contributed by atoms with E-state index in [9.17, 15) is 28.3 Å². The summed E-state index contributed by atoms with van der Waals surface area (Å²) in [4.78, 5) is 36.1. The number of nitrogens with one attached hydrogen (secondary N) is 1. The Bertz CT molecular complexity index is 764. The number of halogens is 2.